The molecule has 2 heterocycles. The summed E-state index contributed by atoms with van der Waals surface area (Å²) in [5, 5.41) is 14.9. The summed E-state index contributed by atoms with van der Waals surface area (Å²) in [6.45, 7) is 0. The number of fused-ring (bicyclic) bond motifs is 3. The lowest BCUT2D eigenvalue weighted by molar-refractivity contribution is -0.115. The van der Waals surface area contributed by atoms with E-state index in [-0.39, 0.29) is 17.9 Å². The number of carbonyl (C=O) groups excluding carboxylic acids is 1. The number of benzene rings is 2. The quantitative estimate of drug-likeness (QED) is 0.641. The average molecular weight is 376 g/mol. The normalized spacial score (nSPS) is 12.2. The van der Waals surface area contributed by atoms with Gasteiger partial charge in [-0.2, -0.15) is 0 Å². The van der Waals surface area contributed by atoms with E-state index >= 15 is 0 Å². The van der Waals surface area contributed by atoms with Gasteiger partial charge < -0.3 is 20.5 Å². The number of carbonyl (C=O) groups is 2. The minimum Gasteiger partial charge on any atom is -0.497 e. The third-order valence-electron chi connectivity index (χ3n) is 4.36. The summed E-state index contributed by atoms with van der Waals surface area (Å²) in [6, 6.07) is 11.6. The van der Waals surface area contributed by atoms with E-state index in [1.807, 2.05) is 6.07 Å². The summed E-state index contributed by atoms with van der Waals surface area (Å²) in [5.74, 6) is -0.141. The maximum absolute atomic E-state index is 12.2. The first kappa shape index (κ1) is 17.5. The number of carboxylic acids is 1. The van der Waals surface area contributed by atoms with E-state index in [2.05, 4.69) is 20.6 Å². The molecule has 1 aliphatic heterocycles. The third-order valence-corrected chi connectivity index (χ3v) is 4.36. The predicted octanol–water partition coefficient (Wildman–Crippen LogP) is 3.09. The number of amides is 1. The van der Waals surface area contributed by atoms with E-state index in [4.69, 9.17) is 9.84 Å². The van der Waals surface area contributed by atoms with Crippen LogP contribution in [0, 0.1) is 0 Å². The minimum atomic E-state index is -0.990. The van der Waals surface area contributed by atoms with Crippen molar-refractivity contribution >= 4 is 29.2 Å². The molecule has 3 aromatic rings. The Labute approximate surface area is 160 Å². The highest BCUT2D eigenvalue weighted by molar-refractivity contribution is 6.00. The van der Waals surface area contributed by atoms with Crippen LogP contribution in [0.2, 0.25) is 0 Å². The Morgan fingerprint density at radius 3 is 2.71 bits per heavy atom. The molecule has 0 unspecified atom stereocenters. The maximum Gasteiger partial charge on any atom is 0.335 e. The van der Waals surface area contributed by atoms with Crippen molar-refractivity contribution in [3.8, 4) is 17.0 Å². The lowest BCUT2D eigenvalue weighted by atomic mass is 10.0. The van der Waals surface area contributed by atoms with Crippen molar-refractivity contribution in [2.24, 2.45) is 0 Å². The Bertz CT molecular complexity index is 1080. The van der Waals surface area contributed by atoms with Crippen LogP contribution in [0.4, 0.5) is 17.3 Å². The smallest absolute Gasteiger partial charge is 0.335 e. The van der Waals surface area contributed by atoms with Crippen LogP contribution in [-0.4, -0.2) is 34.1 Å². The molecule has 28 heavy (non-hydrogen) atoms. The van der Waals surface area contributed by atoms with Crippen molar-refractivity contribution in [2.45, 2.75) is 6.42 Å². The van der Waals surface area contributed by atoms with Crippen molar-refractivity contribution in [1.29, 1.82) is 0 Å². The number of ether oxygens (including phenoxy) is 1. The van der Waals surface area contributed by atoms with Gasteiger partial charge in [0, 0.05) is 23.0 Å². The van der Waals surface area contributed by atoms with Crippen LogP contribution in [0.3, 0.4) is 0 Å². The average Bonchev–Trinajstić information content (AvgIpc) is 2.83. The molecule has 8 heteroatoms. The molecule has 1 amide bonds. The van der Waals surface area contributed by atoms with E-state index in [1.165, 1.54) is 12.1 Å². The van der Waals surface area contributed by atoms with Crippen molar-refractivity contribution < 1.29 is 19.4 Å². The van der Waals surface area contributed by atoms with Crippen molar-refractivity contribution in [1.82, 2.24) is 9.97 Å². The van der Waals surface area contributed by atoms with E-state index in [0.29, 0.717) is 34.3 Å². The lowest BCUT2D eigenvalue weighted by Gasteiger charge is -2.12. The molecule has 4 rings (SSSR count). The minimum absolute atomic E-state index is 0.140. The molecule has 0 saturated carbocycles. The fourth-order valence-electron chi connectivity index (χ4n) is 2.98. The molecule has 0 spiro atoms. The molecule has 0 atom stereocenters. The number of methoxy groups -OCH3 is 1. The van der Waals surface area contributed by atoms with Crippen LogP contribution in [0.1, 0.15) is 15.9 Å². The molecule has 140 valence electrons. The molecule has 1 aliphatic rings. The van der Waals surface area contributed by atoms with Gasteiger partial charge in [-0.25, -0.2) is 14.8 Å². The van der Waals surface area contributed by atoms with E-state index < -0.39 is 5.97 Å². The first-order valence-electron chi connectivity index (χ1n) is 8.48. The standard InChI is InChI=1S/C20H16N4O4/c1-28-14-6-7-16-15(9-14)18-12(8-17(25)23-16)10-21-20(24-18)22-13-4-2-11(3-5-13)19(26)27/h2-7,9-10H,8H2,1H3,(H,23,25)(H,26,27)(H,21,22,24). The lowest BCUT2D eigenvalue weighted by Crippen LogP contribution is -2.12. The van der Waals surface area contributed by atoms with Gasteiger partial charge in [0.15, 0.2) is 0 Å². The summed E-state index contributed by atoms with van der Waals surface area (Å²) in [6.07, 6.45) is 1.78. The molecule has 8 nitrogen and oxygen atoms in total. The first-order valence-corrected chi connectivity index (χ1v) is 8.48. The van der Waals surface area contributed by atoms with Gasteiger partial charge >= 0.3 is 5.97 Å². The number of rotatable bonds is 4. The van der Waals surface area contributed by atoms with E-state index in [0.717, 1.165) is 5.56 Å². The number of nitrogens with one attached hydrogen (secondary N) is 2. The van der Waals surface area contributed by atoms with E-state index in [1.54, 1.807) is 37.6 Å². The molecule has 0 aliphatic carbocycles. The summed E-state index contributed by atoms with van der Waals surface area (Å²) >= 11 is 0. The fraction of sp³-hybridized carbons (Fsp3) is 0.100. The Balaban J connectivity index is 1.73. The Morgan fingerprint density at radius 1 is 1.21 bits per heavy atom. The molecule has 0 saturated heterocycles. The second-order valence-corrected chi connectivity index (χ2v) is 6.21. The molecule has 2 aromatic carbocycles. The van der Waals surface area contributed by atoms with Crippen molar-refractivity contribution in [3.05, 3.63) is 59.8 Å². The van der Waals surface area contributed by atoms with Crippen molar-refractivity contribution in [2.75, 3.05) is 17.7 Å². The highest BCUT2D eigenvalue weighted by Crippen LogP contribution is 2.35. The highest BCUT2D eigenvalue weighted by Gasteiger charge is 2.21. The van der Waals surface area contributed by atoms with Gasteiger partial charge in [0.25, 0.3) is 0 Å². The number of aromatic nitrogens is 2. The predicted molar refractivity (Wildman–Crippen MR) is 103 cm³/mol. The third kappa shape index (κ3) is 3.35. The Hall–Kier alpha value is -3.94. The number of carboxylic acid groups (broad SMARTS) is 1. The summed E-state index contributed by atoms with van der Waals surface area (Å²) < 4.78 is 5.30. The molecule has 0 fully saturated rings. The highest BCUT2D eigenvalue weighted by atomic mass is 16.5. The van der Waals surface area contributed by atoms with Crippen LogP contribution in [0.15, 0.2) is 48.7 Å². The van der Waals surface area contributed by atoms with Gasteiger partial charge in [-0.1, -0.05) is 0 Å². The number of nitrogens with zero attached hydrogens (tertiary/aromatic N) is 2. The molecule has 0 bridgehead atoms. The number of aromatic carboxylic acids is 1. The molecule has 3 N–H and O–H groups in total. The zero-order valence-electron chi connectivity index (χ0n) is 14.9. The van der Waals surface area contributed by atoms with Gasteiger partial charge in [0.05, 0.1) is 30.5 Å². The number of hydrogen-bond donors (Lipinski definition) is 3. The first-order chi connectivity index (χ1) is 13.5. The summed E-state index contributed by atoms with van der Waals surface area (Å²) in [5.41, 5.74) is 3.58. The topological polar surface area (TPSA) is 113 Å². The maximum atomic E-state index is 12.2. The zero-order valence-corrected chi connectivity index (χ0v) is 14.9. The number of anilines is 3. The van der Waals surface area contributed by atoms with Crippen LogP contribution < -0.4 is 15.4 Å². The van der Waals surface area contributed by atoms with Crippen molar-refractivity contribution in [3.63, 3.8) is 0 Å². The SMILES string of the molecule is COc1ccc2c(c1)-c1nc(Nc3ccc(C(=O)O)cc3)ncc1CC(=O)N2. The largest absolute Gasteiger partial charge is 0.497 e. The fourth-order valence-corrected chi connectivity index (χ4v) is 2.98. The number of hydrogen-bond acceptors (Lipinski definition) is 6. The van der Waals surface area contributed by atoms with Gasteiger partial charge in [0.1, 0.15) is 5.75 Å². The molecule has 0 radical (unpaired) electrons. The van der Waals surface area contributed by atoms with Gasteiger partial charge in [-0.15, -0.1) is 0 Å². The van der Waals surface area contributed by atoms with Crippen LogP contribution in [0.25, 0.3) is 11.3 Å². The summed E-state index contributed by atoms with van der Waals surface area (Å²) in [7, 11) is 1.58. The molecular weight excluding hydrogens is 360 g/mol. The van der Waals surface area contributed by atoms with Gasteiger partial charge in [-0.3, -0.25) is 4.79 Å². The van der Waals surface area contributed by atoms with Gasteiger partial charge in [0.2, 0.25) is 11.9 Å². The van der Waals surface area contributed by atoms with E-state index in [9.17, 15) is 9.59 Å². The van der Waals surface area contributed by atoms with Crippen LogP contribution >= 0.6 is 0 Å². The van der Waals surface area contributed by atoms with Gasteiger partial charge in [-0.05, 0) is 42.5 Å². The summed E-state index contributed by atoms with van der Waals surface area (Å²) in [4.78, 5) is 32.0. The van der Waals surface area contributed by atoms with Crippen LogP contribution in [-0.2, 0) is 11.2 Å². The Kier molecular flexibility index (Phi) is 4.36. The molecular formula is C20H16N4O4. The second-order valence-electron chi connectivity index (χ2n) is 6.21. The second kappa shape index (κ2) is 6.99. The Morgan fingerprint density at radius 2 is 2.00 bits per heavy atom. The monoisotopic (exact) mass is 376 g/mol. The zero-order chi connectivity index (χ0) is 19.7. The molecule has 1 aromatic heterocycles. The van der Waals surface area contributed by atoms with Crippen LogP contribution in [0.5, 0.6) is 5.75 Å².